The molecule has 0 amide bonds. The number of alkyl halides is 3. The van der Waals surface area contributed by atoms with Crippen molar-refractivity contribution in [2.24, 2.45) is 0 Å². The van der Waals surface area contributed by atoms with Gasteiger partial charge in [-0.2, -0.15) is 5.26 Å². The van der Waals surface area contributed by atoms with Crippen LogP contribution < -0.4 is 10.5 Å². The smallest absolute Gasteiger partial charge is 0.403 e. The van der Waals surface area contributed by atoms with Gasteiger partial charge in [0.15, 0.2) is 11.4 Å². The zero-order valence-corrected chi connectivity index (χ0v) is 7.75. The van der Waals surface area contributed by atoms with Crippen molar-refractivity contribution in [2.45, 2.75) is 13.0 Å². The molecule has 3 N–H and O–H groups in total. The van der Waals surface area contributed by atoms with Crippen LogP contribution in [0.3, 0.4) is 0 Å². The Labute approximate surface area is 87.9 Å². The van der Waals surface area contributed by atoms with Gasteiger partial charge < -0.3 is 15.6 Å². The highest BCUT2D eigenvalue weighted by Gasteiger charge is 2.32. The van der Waals surface area contributed by atoms with Crippen LogP contribution in [0.15, 0.2) is 6.07 Å². The van der Waals surface area contributed by atoms with Crippen LogP contribution in [0, 0.1) is 11.3 Å². The lowest BCUT2D eigenvalue weighted by atomic mass is 10.2. The molecule has 1 aromatic rings. The maximum Gasteiger partial charge on any atom is 0.573 e. The number of pyridine rings is 1. The van der Waals surface area contributed by atoms with Crippen molar-refractivity contribution in [3.63, 3.8) is 0 Å². The molecule has 0 spiro atoms. The second-order valence-electron chi connectivity index (χ2n) is 2.70. The van der Waals surface area contributed by atoms with E-state index in [0.29, 0.717) is 0 Å². The number of aliphatic hydroxyl groups is 1. The molecule has 8 heteroatoms. The van der Waals surface area contributed by atoms with Crippen LogP contribution >= 0.6 is 0 Å². The Morgan fingerprint density at radius 2 is 2.19 bits per heavy atom. The van der Waals surface area contributed by atoms with Gasteiger partial charge in [-0.05, 0) is 6.07 Å². The minimum Gasteiger partial charge on any atom is -0.403 e. The molecule has 0 atom stereocenters. The standard InChI is InChI=1S/C8H6F3N3O2/c9-8(10,11)16-6-1-4(3-15)7(13)14-5(6)2-12/h1,15H,3H2,(H2,13,14). The molecule has 0 aliphatic carbocycles. The van der Waals surface area contributed by atoms with E-state index in [1.165, 1.54) is 6.07 Å². The molecule has 0 aromatic carbocycles. The number of nitriles is 1. The topological polar surface area (TPSA) is 92.2 Å². The van der Waals surface area contributed by atoms with Crippen LogP contribution in [-0.4, -0.2) is 16.5 Å². The predicted octanol–water partition coefficient (Wildman–Crippen LogP) is 0.926. The van der Waals surface area contributed by atoms with Crippen LogP contribution in [0.2, 0.25) is 0 Å². The lowest BCUT2D eigenvalue weighted by Crippen LogP contribution is -2.18. The second kappa shape index (κ2) is 4.24. The predicted molar refractivity (Wildman–Crippen MR) is 46.0 cm³/mol. The van der Waals surface area contributed by atoms with Crippen LogP contribution in [0.4, 0.5) is 19.0 Å². The van der Waals surface area contributed by atoms with Gasteiger partial charge in [-0.15, -0.1) is 13.2 Å². The van der Waals surface area contributed by atoms with Gasteiger partial charge in [0.2, 0.25) is 0 Å². The number of nitrogens with zero attached hydrogens (tertiary/aromatic N) is 2. The molecular weight excluding hydrogens is 227 g/mol. The highest BCUT2D eigenvalue weighted by atomic mass is 19.4. The van der Waals surface area contributed by atoms with E-state index in [4.69, 9.17) is 16.1 Å². The Bertz CT molecular complexity index is 439. The van der Waals surface area contributed by atoms with E-state index in [1.807, 2.05) is 0 Å². The highest BCUT2D eigenvalue weighted by Crippen LogP contribution is 2.27. The molecule has 0 aliphatic heterocycles. The Balaban J connectivity index is 3.21. The summed E-state index contributed by atoms with van der Waals surface area (Å²) in [4.78, 5) is 3.38. The monoisotopic (exact) mass is 233 g/mol. The van der Waals surface area contributed by atoms with Crippen LogP contribution in [0.25, 0.3) is 0 Å². The first-order chi connectivity index (χ1) is 7.37. The first-order valence-electron chi connectivity index (χ1n) is 3.93. The molecule has 16 heavy (non-hydrogen) atoms. The summed E-state index contributed by atoms with van der Waals surface area (Å²) in [6.07, 6.45) is -4.93. The Morgan fingerprint density at radius 1 is 1.56 bits per heavy atom. The fraction of sp³-hybridized carbons (Fsp3) is 0.250. The summed E-state index contributed by atoms with van der Waals surface area (Å²) in [6.45, 7) is -0.598. The number of aromatic nitrogens is 1. The molecule has 0 saturated carbocycles. The largest absolute Gasteiger partial charge is 0.573 e. The van der Waals surface area contributed by atoms with Crippen LogP contribution in [0.1, 0.15) is 11.3 Å². The SMILES string of the molecule is N#Cc1nc(N)c(CO)cc1OC(F)(F)F. The summed E-state index contributed by atoms with van der Waals surface area (Å²) in [5.41, 5.74) is 4.65. The fourth-order valence-corrected chi connectivity index (χ4v) is 0.957. The molecular formula is C8H6F3N3O2. The van der Waals surface area contributed by atoms with Crippen molar-refractivity contribution in [3.05, 3.63) is 17.3 Å². The molecule has 0 fully saturated rings. The normalized spacial score (nSPS) is 10.9. The number of rotatable bonds is 2. The van der Waals surface area contributed by atoms with Gasteiger partial charge in [-0.1, -0.05) is 0 Å². The summed E-state index contributed by atoms with van der Waals surface area (Å²) >= 11 is 0. The number of aliphatic hydroxyl groups excluding tert-OH is 1. The molecule has 86 valence electrons. The average molecular weight is 233 g/mol. The highest BCUT2D eigenvalue weighted by molar-refractivity contribution is 5.50. The Hall–Kier alpha value is -2.01. The zero-order valence-electron chi connectivity index (χ0n) is 7.75. The Kier molecular flexibility index (Phi) is 3.20. The van der Waals surface area contributed by atoms with E-state index in [-0.39, 0.29) is 11.4 Å². The molecule has 5 nitrogen and oxygen atoms in total. The first-order valence-corrected chi connectivity index (χ1v) is 3.93. The van der Waals surface area contributed by atoms with Gasteiger partial charge in [0.1, 0.15) is 11.9 Å². The summed E-state index contributed by atoms with van der Waals surface area (Å²) < 4.78 is 39.4. The maximum absolute atomic E-state index is 11.9. The van der Waals surface area contributed by atoms with Gasteiger partial charge in [0.05, 0.1) is 6.61 Å². The van der Waals surface area contributed by atoms with Crippen molar-refractivity contribution in [2.75, 3.05) is 5.73 Å². The van der Waals surface area contributed by atoms with E-state index >= 15 is 0 Å². The van der Waals surface area contributed by atoms with Crippen LogP contribution in [-0.2, 0) is 6.61 Å². The number of hydrogen-bond acceptors (Lipinski definition) is 5. The summed E-state index contributed by atoms with van der Waals surface area (Å²) in [5, 5.41) is 17.3. The van der Waals surface area contributed by atoms with Crippen molar-refractivity contribution in [1.82, 2.24) is 4.98 Å². The molecule has 1 rings (SSSR count). The van der Waals surface area contributed by atoms with E-state index < -0.39 is 24.4 Å². The van der Waals surface area contributed by atoms with Gasteiger partial charge >= 0.3 is 6.36 Å². The lowest BCUT2D eigenvalue weighted by molar-refractivity contribution is -0.274. The first kappa shape index (κ1) is 12.1. The van der Waals surface area contributed by atoms with Gasteiger partial charge in [0, 0.05) is 5.56 Å². The minimum absolute atomic E-state index is 0.0433. The quantitative estimate of drug-likeness (QED) is 0.792. The van der Waals surface area contributed by atoms with Gasteiger partial charge in [0.25, 0.3) is 0 Å². The minimum atomic E-state index is -4.93. The number of halogens is 3. The van der Waals surface area contributed by atoms with Crippen molar-refractivity contribution in [3.8, 4) is 11.8 Å². The number of ether oxygens (including phenoxy) is 1. The summed E-state index contributed by atoms with van der Waals surface area (Å²) in [6, 6.07) is 2.24. The zero-order chi connectivity index (χ0) is 12.3. The van der Waals surface area contributed by atoms with E-state index in [1.54, 1.807) is 0 Å². The third-order valence-electron chi connectivity index (χ3n) is 1.60. The summed E-state index contributed by atoms with van der Waals surface area (Å²) in [7, 11) is 0. The van der Waals surface area contributed by atoms with Crippen molar-refractivity contribution < 1.29 is 23.0 Å². The van der Waals surface area contributed by atoms with E-state index in [2.05, 4.69) is 9.72 Å². The molecule has 1 heterocycles. The number of hydrogen-bond donors (Lipinski definition) is 2. The van der Waals surface area contributed by atoms with E-state index in [0.717, 1.165) is 6.07 Å². The molecule has 0 radical (unpaired) electrons. The summed E-state index contributed by atoms with van der Waals surface area (Å²) in [5.74, 6) is -0.998. The van der Waals surface area contributed by atoms with Gasteiger partial charge in [-0.25, -0.2) is 4.98 Å². The maximum atomic E-state index is 11.9. The van der Waals surface area contributed by atoms with Gasteiger partial charge in [-0.3, -0.25) is 0 Å². The van der Waals surface area contributed by atoms with Crippen molar-refractivity contribution >= 4 is 5.82 Å². The van der Waals surface area contributed by atoms with Crippen molar-refractivity contribution in [1.29, 1.82) is 5.26 Å². The molecule has 0 bridgehead atoms. The lowest BCUT2D eigenvalue weighted by Gasteiger charge is -2.11. The third kappa shape index (κ3) is 2.74. The number of anilines is 1. The number of nitrogen functional groups attached to an aromatic ring is 1. The molecule has 0 aliphatic rings. The second-order valence-corrected chi connectivity index (χ2v) is 2.70. The molecule has 1 aromatic heterocycles. The molecule has 0 saturated heterocycles. The third-order valence-corrected chi connectivity index (χ3v) is 1.60. The number of nitrogens with two attached hydrogens (primary N) is 1. The van der Waals surface area contributed by atoms with E-state index in [9.17, 15) is 13.2 Å². The Morgan fingerprint density at radius 3 is 2.62 bits per heavy atom. The van der Waals surface area contributed by atoms with Crippen LogP contribution in [0.5, 0.6) is 5.75 Å². The average Bonchev–Trinajstić information content (AvgIpc) is 2.18. The molecule has 0 unspecified atom stereocenters. The fourth-order valence-electron chi connectivity index (χ4n) is 0.957.